The van der Waals surface area contributed by atoms with E-state index in [4.69, 9.17) is 18.6 Å². The van der Waals surface area contributed by atoms with Crippen molar-refractivity contribution in [2.45, 2.75) is 65.8 Å². The number of hydrogen-bond donors (Lipinski definition) is 0. The molecule has 1 unspecified atom stereocenters. The van der Waals surface area contributed by atoms with Crippen LogP contribution < -0.4 is 0 Å². The Balaban J connectivity index is 2.69. The normalized spacial score (nSPS) is 23.8. The number of hydrogen-bond acceptors (Lipinski definition) is 4. The molecule has 4 nitrogen and oxygen atoms in total. The zero-order valence-corrected chi connectivity index (χ0v) is 12.9. The van der Waals surface area contributed by atoms with E-state index in [9.17, 15) is 0 Å². The van der Waals surface area contributed by atoms with Crippen LogP contribution in [-0.4, -0.2) is 38.4 Å². The van der Waals surface area contributed by atoms with Crippen LogP contribution in [0, 0.1) is 5.92 Å². The molecule has 0 aromatic carbocycles. The van der Waals surface area contributed by atoms with Crippen molar-refractivity contribution in [3.63, 3.8) is 0 Å². The quantitative estimate of drug-likeness (QED) is 0.707. The van der Waals surface area contributed by atoms with Crippen LogP contribution in [0.3, 0.4) is 0 Å². The zero-order valence-electron chi connectivity index (χ0n) is 12.9. The molecular formula is C12H26B2O4. The van der Waals surface area contributed by atoms with E-state index in [1.807, 2.05) is 34.6 Å². The van der Waals surface area contributed by atoms with Gasteiger partial charge in [0.25, 0.3) is 0 Å². The Morgan fingerprint density at radius 2 is 1.89 bits per heavy atom. The van der Waals surface area contributed by atoms with Gasteiger partial charge in [0.1, 0.15) is 0 Å². The summed E-state index contributed by atoms with van der Waals surface area (Å²) in [6, 6.07) is 0. The fourth-order valence-electron chi connectivity index (χ4n) is 1.56. The SMILES string of the molecule is COB(OC(C)(C)C(C)C)B1OC(C)C(C)(C)O1. The predicted octanol–water partition coefficient (Wildman–Crippen LogP) is 2.35. The molecule has 18 heavy (non-hydrogen) atoms. The van der Waals surface area contributed by atoms with Crippen LogP contribution in [0.2, 0.25) is 0 Å². The third kappa shape index (κ3) is 3.50. The van der Waals surface area contributed by atoms with Crippen molar-refractivity contribution in [2.24, 2.45) is 5.92 Å². The molecule has 1 saturated heterocycles. The van der Waals surface area contributed by atoms with Crippen LogP contribution in [-0.2, 0) is 18.6 Å². The molecule has 1 aliphatic heterocycles. The summed E-state index contributed by atoms with van der Waals surface area (Å²) < 4.78 is 23.0. The van der Waals surface area contributed by atoms with Gasteiger partial charge in [0.15, 0.2) is 0 Å². The van der Waals surface area contributed by atoms with E-state index in [1.165, 1.54) is 0 Å². The van der Waals surface area contributed by atoms with Gasteiger partial charge in [0, 0.05) is 7.11 Å². The third-order valence-electron chi connectivity index (χ3n) is 4.00. The van der Waals surface area contributed by atoms with E-state index < -0.39 is 14.0 Å². The van der Waals surface area contributed by atoms with Gasteiger partial charge in [-0.05, 0) is 40.5 Å². The second kappa shape index (κ2) is 5.53. The van der Waals surface area contributed by atoms with Crippen molar-refractivity contribution >= 4 is 14.0 Å². The zero-order chi connectivity index (χ0) is 14.1. The fourth-order valence-corrected chi connectivity index (χ4v) is 1.56. The van der Waals surface area contributed by atoms with Crippen molar-refractivity contribution in [3.8, 4) is 0 Å². The van der Waals surface area contributed by atoms with Gasteiger partial charge < -0.3 is 18.6 Å². The first-order chi connectivity index (χ1) is 8.10. The van der Waals surface area contributed by atoms with E-state index in [2.05, 4.69) is 13.8 Å². The molecule has 0 radical (unpaired) electrons. The van der Waals surface area contributed by atoms with E-state index in [1.54, 1.807) is 7.11 Å². The van der Waals surface area contributed by atoms with Gasteiger partial charge in [-0.15, -0.1) is 0 Å². The molecule has 0 bridgehead atoms. The Hall–Kier alpha value is -0.0301. The molecule has 0 aromatic heterocycles. The maximum absolute atomic E-state index is 6.00. The van der Waals surface area contributed by atoms with E-state index >= 15 is 0 Å². The second-order valence-corrected chi connectivity index (χ2v) is 6.35. The average molecular weight is 256 g/mol. The molecule has 0 N–H and O–H groups in total. The lowest BCUT2D eigenvalue weighted by Gasteiger charge is -2.33. The van der Waals surface area contributed by atoms with Crippen molar-refractivity contribution in [1.82, 2.24) is 0 Å². The molecule has 0 amide bonds. The lowest BCUT2D eigenvalue weighted by atomic mass is 9.48. The van der Waals surface area contributed by atoms with Crippen LogP contribution in [0.15, 0.2) is 0 Å². The topological polar surface area (TPSA) is 36.9 Å². The lowest BCUT2D eigenvalue weighted by Crippen LogP contribution is -2.49. The fraction of sp³-hybridized carbons (Fsp3) is 1.00. The lowest BCUT2D eigenvalue weighted by molar-refractivity contribution is 0.0350. The van der Waals surface area contributed by atoms with Crippen molar-refractivity contribution in [2.75, 3.05) is 7.11 Å². The first-order valence-electron chi connectivity index (χ1n) is 6.64. The molecule has 104 valence electrons. The summed E-state index contributed by atoms with van der Waals surface area (Å²) >= 11 is 0. The minimum Gasteiger partial charge on any atom is -0.416 e. The van der Waals surface area contributed by atoms with Gasteiger partial charge in [-0.25, -0.2) is 0 Å². The van der Waals surface area contributed by atoms with E-state index in [0.29, 0.717) is 5.92 Å². The van der Waals surface area contributed by atoms with Crippen LogP contribution in [0.4, 0.5) is 0 Å². The molecule has 0 aliphatic carbocycles. The van der Waals surface area contributed by atoms with Gasteiger partial charge >= 0.3 is 14.0 Å². The molecule has 1 heterocycles. The van der Waals surface area contributed by atoms with Gasteiger partial charge in [-0.3, -0.25) is 0 Å². The summed E-state index contributed by atoms with van der Waals surface area (Å²) in [6.07, 6.45) is 0.0194. The highest BCUT2D eigenvalue weighted by molar-refractivity contribution is 7.10. The summed E-state index contributed by atoms with van der Waals surface area (Å²) in [5.74, 6) is 0.377. The molecule has 1 aliphatic rings. The van der Waals surface area contributed by atoms with Gasteiger partial charge in [0.05, 0.1) is 17.3 Å². The third-order valence-corrected chi connectivity index (χ3v) is 4.00. The summed E-state index contributed by atoms with van der Waals surface area (Å²) in [4.78, 5) is 0. The Morgan fingerprint density at radius 3 is 2.22 bits per heavy atom. The van der Waals surface area contributed by atoms with Crippen LogP contribution in [0.5, 0.6) is 0 Å². The minimum absolute atomic E-state index is 0.0194. The summed E-state index contributed by atoms with van der Waals surface area (Å²) in [6.45, 7) is 14.4. The Morgan fingerprint density at radius 1 is 1.33 bits per heavy atom. The van der Waals surface area contributed by atoms with E-state index in [0.717, 1.165) is 0 Å². The number of rotatable bonds is 5. The minimum atomic E-state index is -0.508. The van der Waals surface area contributed by atoms with Crippen LogP contribution >= 0.6 is 0 Å². The summed E-state index contributed by atoms with van der Waals surface area (Å²) in [5.41, 5.74) is -0.601. The maximum Gasteiger partial charge on any atom is 0.488 e. The highest BCUT2D eigenvalue weighted by atomic mass is 16.7. The van der Waals surface area contributed by atoms with Crippen molar-refractivity contribution in [3.05, 3.63) is 0 Å². The molecular weight excluding hydrogens is 230 g/mol. The Kier molecular flexibility index (Phi) is 4.93. The highest BCUT2D eigenvalue weighted by Gasteiger charge is 2.53. The largest absolute Gasteiger partial charge is 0.488 e. The van der Waals surface area contributed by atoms with Gasteiger partial charge in [-0.1, -0.05) is 13.8 Å². The van der Waals surface area contributed by atoms with Gasteiger partial charge in [-0.2, -0.15) is 0 Å². The Labute approximate surface area is 112 Å². The Bertz CT molecular complexity index is 281. The van der Waals surface area contributed by atoms with Crippen LogP contribution in [0.1, 0.15) is 48.5 Å². The molecule has 0 aromatic rings. The molecule has 1 atom stereocenters. The first-order valence-corrected chi connectivity index (χ1v) is 6.64. The highest BCUT2D eigenvalue weighted by Crippen LogP contribution is 2.30. The molecule has 1 fully saturated rings. The molecule has 0 spiro atoms. The van der Waals surface area contributed by atoms with Crippen LogP contribution in [0.25, 0.3) is 0 Å². The van der Waals surface area contributed by atoms with E-state index in [-0.39, 0.29) is 17.3 Å². The first kappa shape index (κ1) is 16.0. The average Bonchev–Trinajstić information content (AvgIpc) is 2.50. The monoisotopic (exact) mass is 256 g/mol. The summed E-state index contributed by atoms with van der Waals surface area (Å²) in [7, 11) is 0.633. The van der Waals surface area contributed by atoms with Crippen molar-refractivity contribution < 1.29 is 18.6 Å². The molecule has 6 heteroatoms. The van der Waals surface area contributed by atoms with Gasteiger partial charge in [0.2, 0.25) is 0 Å². The molecule has 1 rings (SSSR count). The van der Waals surface area contributed by atoms with Crippen molar-refractivity contribution in [1.29, 1.82) is 0 Å². The predicted molar refractivity (Wildman–Crippen MR) is 74.2 cm³/mol. The molecule has 0 saturated carbocycles. The standard InChI is InChI=1S/C12H26B2O4/c1-9(2)11(4,5)17-13(15-8)14-16-10(3)12(6,7)18-14/h9-10H,1-8H3. The smallest absolute Gasteiger partial charge is 0.416 e. The second-order valence-electron chi connectivity index (χ2n) is 6.35. The summed E-state index contributed by atoms with van der Waals surface area (Å²) in [5, 5.41) is 0. The maximum atomic E-state index is 6.00.